The Morgan fingerprint density at radius 2 is 1.76 bits per heavy atom. The maximum atomic E-state index is 12.2. The van der Waals surface area contributed by atoms with Crippen LogP contribution in [0.3, 0.4) is 0 Å². The number of nitrogens with zero attached hydrogens (tertiary/aromatic N) is 1. The summed E-state index contributed by atoms with van der Waals surface area (Å²) in [4.78, 5) is 14.1. The van der Waals surface area contributed by atoms with Crippen molar-refractivity contribution < 1.29 is 9.53 Å². The topological polar surface area (TPSA) is 41.6 Å². The fourth-order valence-electron chi connectivity index (χ4n) is 2.48. The van der Waals surface area contributed by atoms with Crippen LogP contribution in [0.25, 0.3) is 0 Å². The zero-order valence-corrected chi connectivity index (χ0v) is 13.8. The van der Waals surface area contributed by atoms with Crippen molar-refractivity contribution in [3.8, 4) is 5.75 Å². The number of likely N-dealkylation sites (N-methyl/N-ethyl adjacent to an activating group) is 1. The molecule has 0 spiro atoms. The van der Waals surface area contributed by atoms with Crippen LogP contribution in [0.15, 0.2) is 24.3 Å². The van der Waals surface area contributed by atoms with E-state index in [0.29, 0.717) is 0 Å². The Bertz CT molecular complexity index is 427. The van der Waals surface area contributed by atoms with Crippen LogP contribution in [0.5, 0.6) is 5.75 Å². The van der Waals surface area contributed by atoms with Gasteiger partial charge in [-0.15, -0.1) is 0 Å². The molecule has 0 saturated heterocycles. The largest absolute Gasteiger partial charge is 0.497 e. The predicted octanol–water partition coefficient (Wildman–Crippen LogP) is 2.47. The molecule has 0 aliphatic heterocycles. The van der Waals surface area contributed by atoms with Crippen molar-refractivity contribution in [1.82, 2.24) is 10.2 Å². The second kappa shape index (κ2) is 8.67. The fourth-order valence-corrected chi connectivity index (χ4v) is 2.48. The van der Waals surface area contributed by atoms with Crippen LogP contribution in [0.2, 0.25) is 0 Å². The molecule has 1 aromatic carbocycles. The van der Waals surface area contributed by atoms with Gasteiger partial charge < -0.3 is 15.0 Å². The molecule has 1 N–H and O–H groups in total. The molecular formula is C17H28N2O2. The lowest BCUT2D eigenvalue weighted by Gasteiger charge is -2.26. The van der Waals surface area contributed by atoms with Crippen molar-refractivity contribution in [2.24, 2.45) is 0 Å². The SMILES string of the molecule is CCN(CC)C(=O)C(C)NC(C)Cc1ccc(OC)cc1. The molecule has 0 aliphatic carbocycles. The Balaban J connectivity index is 2.51. The second-order valence-electron chi connectivity index (χ2n) is 5.35. The summed E-state index contributed by atoms with van der Waals surface area (Å²) < 4.78 is 5.16. The third-order valence-electron chi connectivity index (χ3n) is 3.68. The summed E-state index contributed by atoms with van der Waals surface area (Å²) in [7, 11) is 1.67. The summed E-state index contributed by atoms with van der Waals surface area (Å²) in [5.74, 6) is 1.03. The first kappa shape index (κ1) is 17.5. The van der Waals surface area contributed by atoms with Crippen LogP contribution in [-0.2, 0) is 11.2 Å². The Hall–Kier alpha value is -1.55. The Morgan fingerprint density at radius 3 is 2.24 bits per heavy atom. The summed E-state index contributed by atoms with van der Waals surface area (Å²) in [6, 6.07) is 8.15. The van der Waals surface area contributed by atoms with Gasteiger partial charge in [-0.1, -0.05) is 12.1 Å². The van der Waals surface area contributed by atoms with E-state index in [2.05, 4.69) is 24.4 Å². The molecular weight excluding hydrogens is 264 g/mol. The molecule has 1 rings (SSSR count). The molecule has 0 aromatic heterocycles. The molecule has 0 heterocycles. The van der Waals surface area contributed by atoms with Gasteiger partial charge in [0.1, 0.15) is 5.75 Å². The monoisotopic (exact) mass is 292 g/mol. The third kappa shape index (κ3) is 5.38. The van der Waals surface area contributed by atoms with Gasteiger partial charge in [-0.2, -0.15) is 0 Å². The summed E-state index contributed by atoms with van der Waals surface area (Å²) in [5.41, 5.74) is 1.23. The molecule has 21 heavy (non-hydrogen) atoms. The normalized spacial score (nSPS) is 13.6. The Labute approximate surface area is 128 Å². The van der Waals surface area contributed by atoms with Gasteiger partial charge >= 0.3 is 0 Å². The van der Waals surface area contributed by atoms with Gasteiger partial charge in [0.2, 0.25) is 5.91 Å². The Kier molecular flexibility index (Phi) is 7.23. The van der Waals surface area contributed by atoms with Crippen molar-refractivity contribution in [2.45, 2.75) is 46.2 Å². The highest BCUT2D eigenvalue weighted by Crippen LogP contribution is 2.12. The number of benzene rings is 1. The number of carbonyl (C=O) groups excluding carboxylic acids is 1. The number of rotatable bonds is 8. The van der Waals surface area contributed by atoms with E-state index in [1.165, 1.54) is 5.56 Å². The van der Waals surface area contributed by atoms with Crippen molar-refractivity contribution in [1.29, 1.82) is 0 Å². The van der Waals surface area contributed by atoms with E-state index in [9.17, 15) is 4.79 Å². The van der Waals surface area contributed by atoms with Crippen LogP contribution in [0.1, 0.15) is 33.3 Å². The lowest BCUT2D eigenvalue weighted by Crippen LogP contribution is -2.48. The van der Waals surface area contributed by atoms with Gasteiger partial charge in [0.15, 0.2) is 0 Å². The van der Waals surface area contributed by atoms with Gasteiger partial charge in [0, 0.05) is 19.1 Å². The maximum absolute atomic E-state index is 12.2. The number of hydrogen-bond donors (Lipinski definition) is 1. The molecule has 1 aromatic rings. The van der Waals surface area contributed by atoms with E-state index in [-0.39, 0.29) is 18.0 Å². The molecule has 1 amide bonds. The summed E-state index contributed by atoms with van der Waals surface area (Å²) >= 11 is 0. The number of ether oxygens (including phenoxy) is 1. The van der Waals surface area contributed by atoms with Crippen LogP contribution in [-0.4, -0.2) is 43.1 Å². The minimum absolute atomic E-state index is 0.154. The van der Waals surface area contributed by atoms with Crippen molar-refractivity contribution in [2.75, 3.05) is 20.2 Å². The standard InChI is InChI=1S/C17H28N2O2/c1-6-19(7-2)17(20)14(4)18-13(3)12-15-8-10-16(21-5)11-9-15/h8-11,13-14,18H,6-7,12H2,1-5H3. The van der Waals surface area contributed by atoms with Crippen molar-refractivity contribution >= 4 is 5.91 Å². The van der Waals surface area contributed by atoms with Gasteiger partial charge in [-0.25, -0.2) is 0 Å². The molecule has 118 valence electrons. The molecule has 0 saturated carbocycles. The molecule has 4 nitrogen and oxygen atoms in total. The maximum Gasteiger partial charge on any atom is 0.239 e. The third-order valence-corrected chi connectivity index (χ3v) is 3.68. The zero-order valence-electron chi connectivity index (χ0n) is 13.8. The number of nitrogens with one attached hydrogen (secondary N) is 1. The van der Waals surface area contributed by atoms with Crippen LogP contribution in [0.4, 0.5) is 0 Å². The first-order valence-corrected chi connectivity index (χ1v) is 7.69. The quantitative estimate of drug-likeness (QED) is 0.800. The summed E-state index contributed by atoms with van der Waals surface area (Å²) in [6.07, 6.45) is 0.889. The molecule has 2 atom stereocenters. The highest BCUT2D eigenvalue weighted by atomic mass is 16.5. The molecule has 2 unspecified atom stereocenters. The predicted molar refractivity (Wildman–Crippen MR) is 86.7 cm³/mol. The summed E-state index contributed by atoms with van der Waals surface area (Å²) in [6.45, 7) is 9.58. The number of amides is 1. The zero-order chi connectivity index (χ0) is 15.8. The van der Waals surface area contributed by atoms with E-state index in [1.807, 2.05) is 37.8 Å². The minimum Gasteiger partial charge on any atom is -0.497 e. The van der Waals surface area contributed by atoms with Crippen LogP contribution >= 0.6 is 0 Å². The van der Waals surface area contributed by atoms with Crippen molar-refractivity contribution in [3.63, 3.8) is 0 Å². The minimum atomic E-state index is -0.154. The number of methoxy groups -OCH3 is 1. The van der Waals surface area contributed by atoms with Gasteiger partial charge in [0.25, 0.3) is 0 Å². The van der Waals surface area contributed by atoms with E-state index >= 15 is 0 Å². The average molecular weight is 292 g/mol. The van der Waals surface area contributed by atoms with Crippen LogP contribution < -0.4 is 10.1 Å². The molecule has 4 heteroatoms. The summed E-state index contributed by atoms with van der Waals surface area (Å²) in [5, 5.41) is 3.38. The Morgan fingerprint density at radius 1 is 1.19 bits per heavy atom. The first-order valence-electron chi connectivity index (χ1n) is 7.69. The fraction of sp³-hybridized carbons (Fsp3) is 0.588. The van der Waals surface area contributed by atoms with E-state index < -0.39 is 0 Å². The second-order valence-corrected chi connectivity index (χ2v) is 5.35. The number of hydrogen-bond acceptors (Lipinski definition) is 3. The van der Waals surface area contributed by atoms with E-state index in [0.717, 1.165) is 25.3 Å². The van der Waals surface area contributed by atoms with Crippen LogP contribution in [0, 0.1) is 0 Å². The highest BCUT2D eigenvalue weighted by Gasteiger charge is 2.19. The first-order chi connectivity index (χ1) is 10.0. The lowest BCUT2D eigenvalue weighted by molar-refractivity contribution is -0.132. The van der Waals surface area contributed by atoms with Gasteiger partial charge in [-0.3, -0.25) is 4.79 Å². The van der Waals surface area contributed by atoms with E-state index in [1.54, 1.807) is 7.11 Å². The van der Waals surface area contributed by atoms with Gasteiger partial charge in [0.05, 0.1) is 13.2 Å². The van der Waals surface area contributed by atoms with Gasteiger partial charge in [-0.05, 0) is 51.8 Å². The smallest absolute Gasteiger partial charge is 0.239 e. The van der Waals surface area contributed by atoms with Crippen molar-refractivity contribution in [3.05, 3.63) is 29.8 Å². The highest BCUT2D eigenvalue weighted by molar-refractivity contribution is 5.81. The number of carbonyl (C=O) groups is 1. The van der Waals surface area contributed by atoms with E-state index in [4.69, 9.17) is 4.74 Å². The molecule has 0 aliphatic rings. The average Bonchev–Trinajstić information content (AvgIpc) is 2.49. The lowest BCUT2D eigenvalue weighted by atomic mass is 10.1. The molecule has 0 radical (unpaired) electrons. The molecule has 0 fully saturated rings. The molecule has 0 bridgehead atoms.